The molecule has 17 heavy (non-hydrogen) atoms. The van der Waals surface area contributed by atoms with Crippen LogP contribution in [0.15, 0.2) is 0 Å². The van der Waals surface area contributed by atoms with Gasteiger partial charge in [-0.05, 0) is 32.2 Å². The second kappa shape index (κ2) is 5.80. The van der Waals surface area contributed by atoms with Crippen LogP contribution in [0.2, 0.25) is 0 Å². The second-order valence-corrected chi connectivity index (χ2v) is 5.09. The number of aliphatic carboxylic acids is 1. The van der Waals surface area contributed by atoms with E-state index in [0.29, 0.717) is 12.6 Å². The van der Waals surface area contributed by atoms with Gasteiger partial charge >= 0.3 is 5.97 Å². The fourth-order valence-electron chi connectivity index (χ4n) is 2.37. The summed E-state index contributed by atoms with van der Waals surface area (Å²) in [4.78, 5) is 13.4. The zero-order valence-electron chi connectivity index (χ0n) is 10.4. The summed E-state index contributed by atoms with van der Waals surface area (Å²) < 4.78 is 5.35. The number of rotatable bonds is 6. The van der Waals surface area contributed by atoms with E-state index in [1.807, 2.05) is 0 Å². The number of hydrogen-bond donors (Lipinski definition) is 2. The molecule has 0 aromatic carbocycles. The Morgan fingerprint density at radius 3 is 2.88 bits per heavy atom. The number of carboxylic acid groups (broad SMARTS) is 1. The normalized spacial score (nSPS) is 27.9. The quantitative estimate of drug-likeness (QED) is 0.701. The number of ether oxygens (including phenoxy) is 1. The van der Waals surface area contributed by atoms with Crippen LogP contribution in [0.3, 0.4) is 0 Å². The minimum atomic E-state index is -0.739. The molecule has 2 atom stereocenters. The SMILES string of the molecule is COC1CCCN(CC(NC2CC2)C(=O)O)C1. The van der Waals surface area contributed by atoms with Crippen molar-refractivity contribution in [2.45, 2.75) is 43.9 Å². The van der Waals surface area contributed by atoms with Crippen molar-refractivity contribution in [1.29, 1.82) is 0 Å². The highest BCUT2D eigenvalue weighted by Gasteiger charge is 2.30. The highest BCUT2D eigenvalue weighted by atomic mass is 16.5. The molecule has 98 valence electrons. The highest BCUT2D eigenvalue weighted by Crippen LogP contribution is 2.20. The lowest BCUT2D eigenvalue weighted by Crippen LogP contribution is -2.50. The van der Waals surface area contributed by atoms with E-state index in [9.17, 15) is 9.90 Å². The van der Waals surface area contributed by atoms with E-state index >= 15 is 0 Å². The molecule has 2 aliphatic rings. The van der Waals surface area contributed by atoms with Crippen molar-refractivity contribution in [1.82, 2.24) is 10.2 Å². The van der Waals surface area contributed by atoms with Crippen molar-refractivity contribution in [3.8, 4) is 0 Å². The zero-order chi connectivity index (χ0) is 12.3. The molecule has 1 aliphatic carbocycles. The van der Waals surface area contributed by atoms with Gasteiger partial charge in [0.15, 0.2) is 0 Å². The molecular weight excluding hydrogens is 220 g/mol. The van der Waals surface area contributed by atoms with Crippen molar-refractivity contribution in [3.05, 3.63) is 0 Å². The molecule has 1 heterocycles. The third kappa shape index (κ3) is 3.94. The van der Waals surface area contributed by atoms with Crippen LogP contribution in [-0.2, 0) is 9.53 Å². The molecule has 2 unspecified atom stereocenters. The number of carbonyl (C=O) groups is 1. The summed E-state index contributed by atoms with van der Waals surface area (Å²) in [7, 11) is 1.73. The summed E-state index contributed by atoms with van der Waals surface area (Å²) in [5.74, 6) is -0.739. The summed E-state index contributed by atoms with van der Waals surface area (Å²) >= 11 is 0. The average molecular weight is 242 g/mol. The van der Waals surface area contributed by atoms with Crippen LogP contribution in [0.4, 0.5) is 0 Å². The molecule has 0 bridgehead atoms. The summed E-state index contributed by atoms with van der Waals surface area (Å²) in [5.41, 5.74) is 0. The van der Waals surface area contributed by atoms with E-state index in [1.54, 1.807) is 7.11 Å². The third-order valence-corrected chi connectivity index (χ3v) is 3.55. The first-order valence-electron chi connectivity index (χ1n) is 6.43. The fourth-order valence-corrected chi connectivity index (χ4v) is 2.37. The minimum Gasteiger partial charge on any atom is -0.480 e. The van der Waals surface area contributed by atoms with Gasteiger partial charge < -0.3 is 15.2 Å². The molecule has 0 radical (unpaired) electrons. The third-order valence-electron chi connectivity index (χ3n) is 3.55. The van der Waals surface area contributed by atoms with Crippen LogP contribution in [0, 0.1) is 0 Å². The summed E-state index contributed by atoms with van der Waals surface area (Å²) in [6, 6.07) is -0.00258. The summed E-state index contributed by atoms with van der Waals surface area (Å²) in [6.45, 7) is 2.42. The number of methoxy groups -OCH3 is 1. The van der Waals surface area contributed by atoms with Gasteiger partial charge in [-0.25, -0.2) is 0 Å². The molecule has 0 amide bonds. The molecule has 5 nitrogen and oxygen atoms in total. The van der Waals surface area contributed by atoms with Gasteiger partial charge in [-0.1, -0.05) is 0 Å². The van der Waals surface area contributed by atoms with E-state index in [0.717, 1.165) is 38.8 Å². The molecule has 0 aromatic rings. The van der Waals surface area contributed by atoms with Gasteiger partial charge in [0.1, 0.15) is 6.04 Å². The lowest BCUT2D eigenvalue weighted by molar-refractivity contribution is -0.140. The average Bonchev–Trinajstić information content (AvgIpc) is 3.12. The number of nitrogens with zero attached hydrogens (tertiary/aromatic N) is 1. The Hall–Kier alpha value is -0.650. The Labute approximate surface area is 102 Å². The van der Waals surface area contributed by atoms with Crippen LogP contribution >= 0.6 is 0 Å². The van der Waals surface area contributed by atoms with E-state index in [4.69, 9.17) is 4.74 Å². The Balaban J connectivity index is 1.81. The molecule has 2 fully saturated rings. The van der Waals surface area contributed by atoms with Crippen LogP contribution < -0.4 is 5.32 Å². The largest absolute Gasteiger partial charge is 0.480 e. The van der Waals surface area contributed by atoms with Crippen LogP contribution in [0.25, 0.3) is 0 Å². The van der Waals surface area contributed by atoms with Gasteiger partial charge in [0, 0.05) is 26.2 Å². The van der Waals surface area contributed by atoms with Crippen LogP contribution in [0.1, 0.15) is 25.7 Å². The van der Waals surface area contributed by atoms with Crippen molar-refractivity contribution in [3.63, 3.8) is 0 Å². The highest BCUT2D eigenvalue weighted by molar-refractivity contribution is 5.73. The smallest absolute Gasteiger partial charge is 0.322 e. The first-order valence-corrected chi connectivity index (χ1v) is 6.43. The van der Waals surface area contributed by atoms with Gasteiger partial charge in [-0.2, -0.15) is 0 Å². The minimum absolute atomic E-state index is 0.263. The Kier molecular flexibility index (Phi) is 4.36. The maximum Gasteiger partial charge on any atom is 0.322 e. The molecule has 0 spiro atoms. The lowest BCUT2D eigenvalue weighted by Gasteiger charge is -2.33. The molecule has 5 heteroatoms. The zero-order valence-corrected chi connectivity index (χ0v) is 10.4. The molecular formula is C12H22N2O3. The Bertz CT molecular complexity index is 268. The van der Waals surface area contributed by atoms with Gasteiger partial charge in [0.2, 0.25) is 0 Å². The van der Waals surface area contributed by atoms with Crippen LogP contribution in [-0.4, -0.2) is 60.9 Å². The number of nitrogens with one attached hydrogen (secondary N) is 1. The number of hydrogen-bond acceptors (Lipinski definition) is 4. The van der Waals surface area contributed by atoms with Gasteiger partial charge in [0.25, 0.3) is 0 Å². The molecule has 1 saturated heterocycles. The Morgan fingerprint density at radius 2 is 2.29 bits per heavy atom. The molecule has 0 aromatic heterocycles. The summed E-state index contributed by atoms with van der Waals surface area (Å²) in [6.07, 6.45) is 4.67. The maximum atomic E-state index is 11.2. The topological polar surface area (TPSA) is 61.8 Å². The molecule has 2 N–H and O–H groups in total. The first kappa shape index (κ1) is 12.8. The van der Waals surface area contributed by atoms with E-state index < -0.39 is 12.0 Å². The standard InChI is InChI=1S/C12H22N2O3/c1-17-10-3-2-6-14(7-10)8-11(12(15)16)13-9-4-5-9/h9-11,13H,2-8H2,1H3,(H,15,16). The van der Waals surface area contributed by atoms with Crippen molar-refractivity contribution in [2.24, 2.45) is 0 Å². The van der Waals surface area contributed by atoms with Crippen LogP contribution in [0.5, 0.6) is 0 Å². The van der Waals surface area contributed by atoms with Gasteiger partial charge in [0.05, 0.1) is 6.10 Å². The number of piperidine rings is 1. The van der Waals surface area contributed by atoms with Gasteiger partial charge in [-0.15, -0.1) is 0 Å². The van der Waals surface area contributed by atoms with Crippen molar-refractivity contribution < 1.29 is 14.6 Å². The van der Waals surface area contributed by atoms with Crippen molar-refractivity contribution >= 4 is 5.97 Å². The molecule has 1 aliphatic heterocycles. The molecule has 1 saturated carbocycles. The predicted octanol–water partition coefficient (Wildman–Crippen LogP) is 0.302. The number of likely N-dealkylation sites (tertiary alicyclic amines) is 1. The van der Waals surface area contributed by atoms with E-state index in [-0.39, 0.29) is 6.10 Å². The lowest BCUT2D eigenvalue weighted by atomic mass is 10.1. The van der Waals surface area contributed by atoms with Gasteiger partial charge in [-0.3, -0.25) is 9.69 Å². The van der Waals surface area contributed by atoms with E-state index in [2.05, 4.69) is 10.2 Å². The van der Waals surface area contributed by atoms with E-state index in [1.165, 1.54) is 0 Å². The molecule has 2 rings (SSSR count). The van der Waals surface area contributed by atoms with Crippen molar-refractivity contribution in [2.75, 3.05) is 26.7 Å². The second-order valence-electron chi connectivity index (χ2n) is 5.09. The monoisotopic (exact) mass is 242 g/mol. The first-order chi connectivity index (χ1) is 8.19. The number of carboxylic acids is 1. The fraction of sp³-hybridized carbons (Fsp3) is 0.917. The predicted molar refractivity (Wildman–Crippen MR) is 64.1 cm³/mol. The Morgan fingerprint density at radius 1 is 1.53 bits per heavy atom. The maximum absolute atomic E-state index is 11.2. The summed E-state index contributed by atoms with van der Waals surface area (Å²) in [5, 5.41) is 12.4.